The van der Waals surface area contributed by atoms with Crippen LogP contribution in [-0.4, -0.2) is 6.04 Å². The summed E-state index contributed by atoms with van der Waals surface area (Å²) in [5, 5.41) is 3.61. The molecule has 0 aliphatic heterocycles. The summed E-state index contributed by atoms with van der Waals surface area (Å²) >= 11 is 0. The highest BCUT2D eigenvalue weighted by Crippen LogP contribution is 2.45. The zero-order chi connectivity index (χ0) is 12.7. The van der Waals surface area contributed by atoms with E-state index in [1.54, 1.807) is 6.07 Å². The van der Waals surface area contributed by atoms with Crippen molar-refractivity contribution in [3.63, 3.8) is 0 Å². The molecule has 0 spiro atoms. The van der Waals surface area contributed by atoms with E-state index in [-0.39, 0.29) is 6.04 Å². The fourth-order valence-corrected chi connectivity index (χ4v) is 2.73. The molecule has 2 aliphatic rings. The van der Waals surface area contributed by atoms with Gasteiger partial charge in [-0.3, -0.25) is 0 Å². The smallest absolute Gasteiger partial charge is 0.159 e. The van der Waals surface area contributed by atoms with Gasteiger partial charge in [-0.05, 0) is 62.1 Å². The number of rotatable bonds is 5. The van der Waals surface area contributed by atoms with Gasteiger partial charge in [-0.25, -0.2) is 8.78 Å². The van der Waals surface area contributed by atoms with Gasteiger partial charge in [0.15, 0.2) is 11.6 Å². The van der Waals surface area contributed by atoms with E-state index in [9.17, 15) is 8.78 Å². The molecular weight excluding hydrogens is 232 g/mol. The van der Waals surface area contributed by atoms with Gasteiger partial charge in [0.2, 0.25) is 0 Å². The van der Waals surface area contributed by atoms with Crippen LogP contribution >= 0.6 is 0 Å². The molecule has 0 radical (unpaired) electrons. The Morgan fingerprint density at radius 1 is 1.06 bits per heavy atom. The molecule has 18 heavy (non-hydrogen) atoms. The zero-order valence-corrected chi connectivity index (χ0v) is 10.6. The Labute approximate surface area is 107 Å². The first-order valence-electron chi connectivity index (χ1n) is 6.86. The van der Waals surface area contributed by atoms with Gasteiger partial charge in [-0.1, -0.05) is 6.07 Å². The number of hydrogen-bond donors (Lipinski definition) is 1. The lowest BCUT2D eigenvalue weighted by Crippen LogP contribution is -2.35. The third-order valence-corrected chi connectivity index (χ3v) is 4.15. The van der Waals surface area contributed by atoms with E-state index in [2.05, 4.69) is 5.32 Å². The third kappa shape index (κ3) is 2.56. The van der Waals surface area contributed by atoms with E-state index < -0.39 is 11.6 Å². The highest BCUT2D eigenvalue weighted by molar-refractivity contribution is 5.21. The molecule has 1 aromatic rings. The van der Waals surface area contributed by atoms with E-state index >= 15 is 0 Å². The van der Waals surface area contributed by atoms with E-state index in [4.69, 9.17) is 0 Å². The first kappa shape index (κ1) is 12.1. The number of benzene rings is 1. The minimum Gasteiger partial charge on any atom is -0.307 e. The number of nitrogens with one attached hydrogen (secondary N) is 1. The van der Waals surface area contributed by atoms with Gasteiger partial charge in [-0.2, -0.15) is 0 Å². The van der Waals surface area contributed by atoms with Crippen molar-refractivity contribution in [2.45, 2.75) is 44.7 Å². The van der Waals surface area contributed by atoms with Crippen LogP contribution in [0.2, 0.25) is 0 Å². The van der Waals surface area contributed by atoms with Gasteiger partial charge >= 0.3 is 0 Å². The summed E-state index contributed by atoms with van der Waals surface area (Å²) in [4.78, 5) is 0. The van der Waals surface area contributed by atoms with Crippen molar-refractivity contribution in [2.24, 2.45) is 11.8 Å². The molecule has 0 heterocycles. The molecule has 1 aromatic carbocycles. The summed E-state index contributed by atoms with van der Waals surface area (Å²) in [5.41, 5.74) is 0.834. The second-order valence-electron chi connectivity index (χ2n) is 5.76. The van der Waals surface area contributed by atoms with Crippen molar-refractivity contribution < 1.29 is 8.78 Å². The topological polar surface area (TPSA) is 12.0 Å². The zero-order valence-electron chi connectivity index (χ0n) is 10.6. The standard InChI is InChI=1S/C15H19F2N/c1-9(12-6-7-13(16)14(17)8-12)18-15(10-2-3-10)11-4-5-11/h6-11,15,18H,2-5H2,1H3. The second-order valence-corrected chi connectivity index (χ2v) is 5.76. The summed E-state index contributed by atoms with van der Waals surface area (Å²) in [7, 11) is 0. The van der Waals surface area contributed by atoms with Crippen LogP contribution < -0.4 is 5.32 Å². The Morgan fingerprint density at radius 2 is 1.67 bits per heavy atom. The maximum Gasteiger partial charge on any atom is 0.159 e. The lowest BCUT2D eigenvalue weighted by molar-refractivity contribution is 0.376. The monoisotopic (exact) mass is 251 g/mol. The van der Waals surface area contributed by atoms with Crippen molar-refractivity contribution in [1.82, 2.24) is 5.32 Å². The summed E-state index contributed by atoms with van der Waals surface area (Å²) in [6.45, 7) is 2.03. The minimum atomic E-state index is -0.771. The Balaban J connectivity index is 1.68. The molecule has 3 heteroatoms. The number of halogens is 2. The molecule has 2 saturated carbocycles. The van der Waals surface area contributed by atoms with Crippen molar-refractivity contribution in [3.05, 3.63) is 35.4 Å². The average molecular weight is 251 g/mol. The Kier molecular flexibility index (Phi) is 3.10. The normalized spacial score (nSPS) is 21.3. The highest BCUT2D eigenvalue weighted by Gasteiger charge is 2.41. The van der Waals surface area contributed by atoms with Gasteiger partial charge < -0.3 is 5.32 Å². The highest BCUT2D eigenvalue weighted by atomic mass is 19.2. The van der Waals surface area contributed by atoms with Gasteiger partial charge in [0.1, 0.15) is 0 Å². The Hall–Kier alpha value is -0.960. The lowest BCUT2D eigenvalue weighted by Gasteiger charge is -2.23. The van der Waals surface area contributed by atoms with Crippen molar-refractivity contribution >= 4 is 0 Å². The second kappa shape index (κ2) is 4.61. The SMILES string of the molecule is CC(NC(C1CC1)C1CC1)c1ccc(F)c(F)c1. The van der Waals surface area contributed by atoms with Crippen LogP contribution in [0.15, 0.2) is 18.2 Å². The van der Waals surface area contributed by atoms with Crippen LogP contribution in [-0.2, 0) is 0 Å². The van der Waals surface area contributed by atoms with Gasteiger partial charge in [0, 0.05) is 12.1 Å². The number of hydrogen-bond acceptors (Lipinski definition) is 1. The van der Waals surface area contributed by atoms with E-state index in [1.807, 2.05) is 6.92 Å². The molecule has 2 aliphatic carbocycles. The predicted molar refractivity (Wildman–Crippen MR) is 67.1 cm³/mol. The van der Waals surface area contributed by atoms with Crippen LogP contribution in [0.5, 0.6) is 0 Å². The van der Waals surface area contributed by atoms with Gasteiger partial charge in [0.25, 0.3) is 0 Å². The molecule has 3 rings (SSSR count). The molecular formula is C15H19F2N. The molecule has 0 saturated heterocycles. The van der Waals surface area contributed by atoms with Crippen LogP contribution in [0, 0.1) is 23.5 Å². The first-order valence-corrected chi connectivity index (χ1v) is 6.86. The maximum absolute atomic E-state index is 13.2. The Morgan fingerprint density at radius 3 is 2.17 bits per heavy atom. The maximum atomic E-state index is 13.2. The van der Waals surface area contributed by atoms with Crippen LogP contribution in [0.4, 0.5) is 8.78 Å². The van der Waals surface area contributed by atoms with Crippen molar-refractivity contribution in [3.8, 4) is 0 Å². The third-order valence-electron chi connectivity index (χ3n) is 4.15. The van der Waals surface area contributed by atoms with E-state index in [0.29, 0.717) is 6.04 Å². The summed E-state index contributed by atoms with van der Waals surface area (Å²) in [5.74, 6) is 0.0953. The average Bonchev–Trinajstić information content (AvgIpc) is 3.22. The van der Waals surface area contributed by atoms with Crippen LogP contribution in [0.25, 0.3) is 0 Å². The predicted octanol–water partition coefficient (Wildman–Crippen LogP) is 3.80. The summed E-state index contributed by atoms with van der Waals surface area (Å²) in [6.07, 6.45) is 5.27. The minimum absolute atomic E-state index is 0.0892. The first-order chi connectivity index (χ1) is 8.65. The lowest BCUT2D eigenvalue weighted by atomic mass is 10.0. The van der Waals surface area contributed by atoms with Crippen LogP contribution in [0.1, 0.15) is 44.2 Å². The van der Waals surface area contributed by atoms with Gasteiger partial charge in [-0.15, -0.1) is 0 Å². The molecule has 1 atom stereocenters. The van der Waals surface area contributed by atoms with E-state index in [0.717, 1.165) is 17.4 Å². The molecule has 98 valence electrons. The molecule has 1 N–H and O–H groups in total. The Bertz CT molecular complexity index is 426. The molecule has 1 unspecified atom stereocenters. The van der Waals surface area contributed by atoms with Gasteiger partial charge in [0.05, 0.1) is 0 Å². The van der Waals surface area contributed by atoms with Crippen molar-refractivity contribution in [1.29, 1.82) is 0 Å². The molecule has 1 nitrogen and oxygen atoms in total. The molecule has 0 bridgehead atoms. The largest absolute Gasteiger partial charge is 0.307 e. The molecule has 2 fully saturated rings. The fraction of sp³-hybridized carbons (Fsp3) is 0.600. The summed E-state index contributed by atoms with van der Waals surface area (Å²) in [6, 6.07) is 4.86. The van der Waals surface area contributed by atoms with Crippen LogP contribution in [0.3, 0.4) is 0 Å². The quantitative estimate of drug-likeness (QED) is 0.839. The van der Waals surface area contributed by atoms with Crippen molar-refractivity contribution in [2.75, 3.05) is 0 Å². The molecule has 0 amide bonds. The fourth-order valence-electron chi connectivity index (χ4n) is 2.73. The van der Waals surface area contributed by atoms with E-state index in [1.165, 1.54) is 37.8 Å². The molecule has 0 aromatic heterocycles. The summed E-state index contributed by atoms with van der Waals surface area (Å²) < 4.78 is 26.1.